The van der Waals surface area contributed by atoms with Gasteiger partial charge in [0.25, 0.3) is 0 Å². The fourth-order valence-corrected chi connectivity index (χ4v) is 7.37. The number of hydrogen-bond donors (Lipinski definition) is 2. The third kappa shape index (κ3) is 3.83. The van der Waals surface area contributed by atoms with Crippen LogP contribution in [0.2, 0.25) is 0 Å². The molecule has 3 aromatic heterocycles. The number of nitrogens with one attached hydrogen (secondary N) is 1. The highest BCUT2D eigenvalue weighted by atomic mass is 15.3. The largest absolute Gasteiger partial charge is 0.383 e. The molecule has 0 amide bonds. The molecule has 0 spiro atoms. The number of likely N-dealkylation sites (N-methyl/N-ethyl adjacent to an activating group) is 1. The van der Waals surface area contributed by atoms with Crippen LogP contribution in [0, 0.1) is 12.3 Å². The summed E-state index contributed by atoms with van der Waals surface area (Å²) in [6.45, 7) is 8.65. The van der Waals surface area contributed by atoms with Crippen LogP contribution in [-0.4, -0.2) is 68.1 Å². The van der Waals surface area contributed by atoms with Crippen molar-refractivity contribution in [3.8, 4) is 23.5 Å². The third-order valence-electron chi connectivity index (χ3n) is 9.77. The first kappa shape index (κ1) is 24.9. The Morgan fingerprint density at radius 1 is 1.02 bits per heavy atom. The molecule has 3 aliphatic carbocycles. The predicted molar refractivity (Wildman–Crippen MR) is 160 cm³/mol. The maximum Gasteiger partial charge on any atom is 0.147 e. The van der Waals surface area contributed by atoms with E-state index in [2.05, 4.69) is 56.3 Å². The summed E-state index contributed by atoms with van der Waals surface area (Å²) < 4.78 is 2.34. The molecule has 0 atom stereocenters. The summed E-state index contributed by atoms with van der Waals surface area (Å²) in [5.74, 6) is 4.58. The van der Waals surface area contributed by atoms with Crippen molar-refractivity contribution < 1.29 is 0 Å². The van der Waals surface area contributed by atoms with Crippen molar-refractivity contribution in [3.63, 3.8) is 0 Å². The second-order valence-corrected chi connectivity index (χ2v) is 11.9. The zero-order chi connectivity index (χ0) is 27.5. The average molecular weight is 533 g/mol. The van der Waals surface area contributed by atoms with Crippen LogP contribution >= 0.6 is 0 Å². The maximum atomic E-state index is 6.54. The summed E-state index contributed by atoms with van der Waals surface area (Å²) >= 11 is 0. The number of fused-ring (bicyclic) bond motifs is 5. The van der Waals surface area contributed by atoms with Gasteiger partial charge < -0.3 is 25.4 Å². The summed E-state index contributed by atoms with van der Waals surface area (Å²) in [5, 5.41) is 5.79. The van der Waals surface area contributed by atoms with Crippen LogP contribution in [0.1, 0.15) is 44.2 Å². The number of hydrogen-bond acceptors (Lipinski definition) is 7. The first-order chi connectivity index (χ1) is 19.4. The lowest BCUT2D eigenvalue weighted by molar-refractivity contribution is 0.0324. The standard InChI is InChI=1S/C32H36N8/c1-4-26-27(24-19-23-7-5-6-8-25(23)34-20-24)28-29(33)35-21-36-30(28)40(26)32-12-9-31(10-13-32,11-14-32)37-22(2)39-17-15-38(3)16-18-39/h1,5-8,19-21,37H,2,9-18H2,3H3,(H2,33,35,36). The van der Waals surface area contributed by atoms with Gasteiger partial charge in [-0.2, -0.15) is 0 Å². The molecule has 4 heterocycles. The van der Waals surface area contributed by atoms with Crippen molar-refractivity contribution in [3.05, 3.63) is 60.9 Å². The van der Waals surface area contributed by atoms with Gasteiger partial charge in [-0.25, -0.2) is 9.97 Å². The molecule has 3 saturated carbocycles. The van der Waals surface area contributed by atoms with Gasteiger partial charge in [0.2, 0.25) is 0 Å². The van der Waals surface area contributed by atoms with Crippen molar-refractivity contribution in [1.82, 2.24) is 34.6 Å². The van der Waals surface area contributed by atoms with Crippen LogP contribution in [0.4, 0.5) is 5.82 Å². The molecule has 2 bridgehead atoms. The molecule has 1 aromatic carbocycles. The second kappa shape index (κ2) is 9.24. The van der Waals surface area contributed by atoms with Gasteiger partial charge in [-0.05, 0) is 57.7 Å². The quantitative estimate of drug-likeness (QED) is 0.370. The Balaban J connectivity index is 1.26. The monoisotopic (exact) mass is 532 g/mol. The van der Waals surface area contributed by atoms with Gasteiger partial charge in [0.05, 0.1) is 16.7 Å². The van der Waals surface area contributed by atoms with Crippen LogP contribution in [0.15, 0.2) is 55.3 Å². The Labute approximate surface area is 235 Å². The molecule has 1 saturated heterocycles. The van der Waals surface area contributed by atoms with E-state index in [1.54, 1.807) is 6.33 Å². The number of anilines is 1. The Hall–Kier alpha value is -4.09. The van der Waals surface area contributed by atoms with Crippen LogP contribution in [0.3, 0.4) is 0 Å². The van der Waals surface area contributed by atoms with Crippen molar-refractivity contribution in [2.75, 3.05) is 39.0 Å². The van der Waals surface area contributed by atoms with Gasteiger partial charge in [0.15, 0.2) is 0 Å². The molecule has 8 nitrogen and oxygen atoms in total. The summed E-state index contributed by atoms with van der Waals surface area (Å²) in [5.41, 5.74) is 11.0. The molecule has 0 radical (unpaired) electrons. The van der Waals surface area contributed by atoms with Crippen molar-refractivity contribution in [2.24, 2.45) is 0 Å². The maximum absolute atomic E-state index is 6.54. The molecule has 8 heteroatoms. The summed E-state index contributed by atoms with van der Waals surface area (Å²) in [6.07, 6.45) is 16.0. The number of terminal acetylenes is 1. The molecule has 3 N–H and O–H groups in total. The highest BCUT2D eigenvalue weighted by Crippen LogP contribution is 2.54. The lowest BCUT2D eigenvalue weighted by Crippen LogP contribution is -2.59. The molecule has 4 fully saturated rings. The minimum atomic E-state index is -0.109. The van der Waals surface area contributed by atoms with E-state index in [9.17, 15) is 0 Å². The van der Waals surface area contributed by atoms with E-state index in [1.165, 1.54) is 0 Å². The molecule has 1 aliphatic heterocycles. The predicted octanol–water partition coefficient (Wildman–Crippen LogP) is 4.32. The first-order valence-corrected chi connectivity index (χ1v) is 14.3. The van der Waals surface area contributed by atoms with E-state index in [4.69, 9.17) is 22.1 Å². The molecular weight excluding hydrogens is 496 g/mol. The number of benzene rings is 1. The highest BCUT2D eigenvalue weighted by molar-refractivity contribution is 6.04. The fourth-order valence-electron chi connectivity index (χ4n) is 7.37. The Kier molecular flexibility index (Phi) is 5.76. The number of para-hydroxylation sites is 1. The molecule has 4 aliphatic rings. The second-order valence-electron chi connectivity index (χ2n) is 11.9. The number of nitrogens with zero attached hydrogens (tertiary/aromatic N) is 6. The minimum Gasteiger partial charge on any atom is -0.383 e. The van der Waals surface area contributed by atoms with Gasteiger partial charge in [-0.3, -0.25) is 4.98 Å². The van der Waals surface area contributed by atoms with Crippen LogP contribution in [0.5, 0.6) is 0 Å². The zero-order valence-corrected chi connectivity index (χ0v) is 23.2. The van der Waals surface area contributed by atoms with E-state index < -0.39 is 0 Å². The van der Waals surface area contributed by atoms with Crippen LogP contribution < -0.4 is 11.1 Å². The Morgan fingerprint density at radius 3 is 2.48 bits per heavy atom. The normalized spacial score (nSPS) is 24.9. The van der Waals surface area contributed by atoms with Gasteiger partial charge in [-0.1, -0.05) is 30.7 Å². The molecule has 0 unspecified atom stereocenters. The molecule has 4 aromatic rings. The highest BCUT2D eigenvalue weighted by Gasteiger charge is 2.51. The molecule has 8 rings (SSSR count). The first-order valence-electron chi connectivity index (χ1n) is 14.3. The van der Waals surface area contributed by atoms with E-state index in [-0.39, 0.29) is 11.1 Å². The number of piperazine rings is 1. The van der Waals surface area contributed by atoms with Gasteiger partial charge in [-0.15, -0.1) is 6.42 Å². The van der Waals surface area contributed by atoms with Gasteiger partial charge in [0, 0.05) is 60.0 Å². The lowest BCUT2D eigenvalue weighted by Gasteiger charge is -2.55. The van der Waals surface area contributed by atoms with Crippen molar-refractivity contribution >= 4 is 27.8 Å². The lowest BCUT2D eigenvalue weighted by atomic mass is 9.61. The molecule has 40 heavy (non-hydrogen) atoms. The Morgan fingerprint density at radius 2 is 1.75 bits per heavy atom. The van der Waals surface area contributed by atoms with E-state index in [0.717, 1.165) is 109 Å². The zero-order valence-electron chi connectivity index (χ0n) is 23.2. The van der Waals surface area contributed by atoms with Crippen molar-refractivity contribution in [1.29, 1.82) is 0 Å². The van der Waals surface area contributed by atoms with Gasteiger partial charge >= 0.3 is 0 Å². The summed E-state index contributed by atoms with van der Waals surface area (Å²) in [4.78, 5) is 18.7. The van der Waals surface area contributed by atoms with Crippen LogP contribution in [0.25, 0.3) is 33.1 Å². The van der Waals surface area contributed by atoms with Gasteiger partial charge in [0.1, 0.15) is 23.5 Å². The number of rotatable bonds is 5. The number of aromatic nitrogens is 4. The topological polar surface area (TPSA) is 88.1 Å². The van der Waals surface area contributed by atoms with Crippen molar-refractivity contribution in [2.45, 2.75) is 49.6 Å². The summed E-state index contributed by atoms with van der Waals surface area (Å²) in [6, 6.07) is 10.3. The summed E-state index contributed by atoms with van der Waals surface area (Å²) in [7, 11) is 2.18. The molecular formula is C32H36N8. The number of nitrogen functional groups attached to an aromatic ring is 1. The number of nitrogens with two attached hydrogens (primary N) is 1. The smallest absolute Gasteiger partial charge is 0.147 e. The number of pyridine rings is 1. The third-order valence-corrected chi connectivity index (χ3v) is 9.77. The minimum absolute atomic E-state index is 0.0839. The van der Waals surface area contributed by atoms with Crippen LogP contribution in [-0.2, 0) is 5.54 Å². The van der Waals surface area contributed by atoms with E-state index in [1.807, 2.05) is 24.4 Å². The average Bonchev–Trinajstić information content (AvgIpc) is 3.34. The van der Waals surface area contributed by atoms with E-state index in [0.29, 0.717) is 5.82 Å². The fraction of sp³-hybridized carbons (Fsp3) is 0.406. The van der Waals surface area contributed by atoms with E-state index >= 15 is 0 Å². The SMILES string of the molecule is C#Cc1c(-c2cnc3ccccc3c2)c2c(N)ncnc2n1C12CCC(NC(=C)N3CCN(C)CC3)(CC1)CC2. The Bertz CT molecular complexity index is 1650. The molecule has 204 valence electrons.